The summed E-state index contributed by atoms with van der Waals surface area (Å²) in [5, 5.41) is 12.4. The van der Waals surface area contributed by atoms with Crippen LogP contribution in [0.25, 0.3) is 0 Å². The maximum absolute atomic E-state index is 9.02. The Balaban J connectivity index is 1.54. The summed E-state index contributed by atoms with van der Waals surface area (Å²) in [4.78, 5) is 10.8. The quantitative estimate of drug-likeness (QED) is 0.886. The van der Waals surface area contributed by atoms with E-state index in [0.29, 0.717) is 23.6 Å². The first kappa shape index (κ1) is 13.3. The summed E-state index contributed by atoms with van der Waals surface area (Å²) in [6.07, 6.45) is 6.46. The van der Waals surface area contributed by atoms with Crippen LogP contribution in [0.4, 0.5) is 5.82 Å². The fourth-order valence-electron chi connectivity index (χ4n) is 2.94. The minimum Gasteiger partial charge on any atom is -0.380 e. The monoisotopic (exact) mass is 273 g/mol. The minimum absolute atomic E-state index is 0.373. The zero-order valence-electron chi connectivity index (χ0n) is 11.5. The second-order valence-electron chi connectivity index (χ2n) is 5.34. The van der Waals surface area contributed by atoms with E-state index in [9.17, 15) is 0 Å². The Bertz CT molecular complexity index is 487. The highest BCUT2D eigenvalue weighted by atomic mass is 16.5. The molecule has 20 heavy (non-hydrogen) atoms. The standard InChI is InChI=1S/C14H19N5O/c15-9-13-14(17-5-4-16-13)18-11-1-6-19(7-2-11)12-3-8-20-10-12/h4-5,11-12H,1-3,6-8,10H2,(H,17,18). The summed E-state index contributed by atoms with van der Waals surface area (Å²) in [6.45, 7) is 3.93. The van der Waals surface area contributed by atoms with E-state index in [1.54, 1.807) is 12.4 Å². The first-order chi connectivity index (χ1) is 9.86. The largest absolute Gasteiger partial charge is 0.380 e. The molecule has 0 bridgehead atoms. The lowest BCUT2D eigenvalue weighted by Crippen LogP contribution is -2.45. The third-order valence-corrected chi connectivity index (χ3v) is 4.10. The van der Waals surface area contributed by atoms with Crippen molar-refractivity contribution in [2.75, 3.05) is 31.6 Å². The van der Waals surface area contributed by atoms with E-state index in [1.807, 2.05) is 0 Å². The van der Waals surface area contributed by atoms with Gasteiger partial charge in [0.05, 0.1) is 6.61 Å². The molecule has 0 aromatic carbocycles. The van der Waals surface area contributed by atoms with Crippen LogP contribution in [-0.4, -0.2) is 53.3 Å². The Morgan fingerprint density at radius 1 is 1.25 bits per heavy atom. The molecule has 6 nitrogen and oxygen atoms in total. The molecule has 2 fully saturated rings. The molecule has 0 spiro atoms. The maximum Gasteiger partial charge on any atom is 0.182 e. The van der Waals surface area contributed by atoms with Crippen LogP contribution in [0.15, 0.2) is 12.4 Å². The van der Waals surface area contributed by atoms with Gasteiger partial charge in [0.1, 0.15) is 6.07 Å². The third-order valence-electron chi connectivity index (χ3n) is 4.10. The normalized spacial score (nSPS) is 24.4. The highest BCUT2D eigenvalue weighted by Crippen LogP contribution is 2.21. The maximum atomic E-state index is 9.02. The van der Waals surface area contributed by atoms with E-state index in [4.69, 9.17) is 10.00 Å². The van der Waals surface area contributed by atoms with E-state index in [2.05, 4.69) is 26.3 Å². The second kappa shape index (κ2) is 6.16. The van der Waals surface area contributed by atoms with Gasteiger partial charge >= 0.3 is 0 Å². The van der Waals surface area contributed by atoms with Gasteiger partial charge in [0.2, 0.25) is 0 Å². The topological polar surface area (TPSA) is 74.1 Å². The molecule has 106 valence electrons. The van der Waals surface area contributed by atoms with Crippen LogP contribution in [0.3, 0.4) is 0 Å². The van der Waals surface area contributed by atoms with Crippen molar-refractivity contribution in [3.05, 3.63) is 18.1 Å². The summed E-state index contributed by atoms with van der Waals surface area (Å²) in [5.74, 6) is 0.609. The van der Waals surface area contributed by atoms with Gasteiger partial charge in [0.25, 0.3) is 0 Å². The van der Waals surface area contributed by atoms with Gasteiger partial charge in [-0.15, -0.1) is 0 Å². The molecule has 1 atom stereocenters. The fourth-order valence-corrected chi connectivity index (χ4v) is 2.94. The van der Waals surface area contributed by atoms with Gasteiger partial charge in [-0.3, -0.25) is 4.90 Å². The zero-order valence-corrected chi connectivity index (χ0v) is 11.5. The number of aromatic nitrogens is 2. The lowest BCUT2D eigenvalue weighted by molar-refractivity contribution is 0.124. The number of ether oxygens (including phenoxy) is 1. The van der Waals surface area contributed by atoms with Crippen LogP contribution in [-0.2, 0) is 4.74 Å². The number of hydrogen-bond acceptors (Lipinski definition) is 6. The second-order valence-corrected chi connectivity index (χ2v) is 5.34. The zero-order chi connectivity index (χ0) is 13.8. The fraction of sp³-hybridized carbons (Fsp3) is 0.643. The van der Waals surface area contributed by atoms with Crippen molar-refractivity contribution in [3.63, 3.8) is 0 Å². The molecule has 1 aromatic rings. The number of piperidine rings is 1. The molecule has 0 radical (unpaired) electrons. The Morgan fingerprint density at radius 3 is 2.75 bits per heavy atom. The molecule has 2 aliphatic heterocycles. The van der Waals surface area contributed by atoms with Crippen LogP contribution in [0.2, 0.25) is 0 Å². The van der Waals surface area contributed by atoms with Crippen LogP contribution in [0.1, 0.15) is 25.0 Å². The molecule has 0 saturated carbocycles. The van der Waals surface area contributed by atoms with Gasteiger partial charge in [0.15, 0.2) is 11.5 Å². The molecule has 3 heterocycles. The van der Waals surface area contributed by atoms with Crippen LogP contribution < -0.4 is 5.32 Å². The van der Waals surface area contributed by atoms with Gasteiger partial charge in [-0.1, -0.05) is 0 Å². The number of nitrogens with zero attached hydrogens (tertiary/aromatic N) is 4. The van der Waals surface area contributed by atoms with Crippen LogP contribution in [0, 0.1) is 11.3 Å². The Kier molecular flexibility index (Phi) is 4.09. The van der Waals surface area contributed by atoms with E-state index < -0.39 is 0 Å². The molecular formula is C14H19N5O. The summed E-state index contributed by atoms with van der Waals surface area (Å²) >= 11 is 0. The van der Waals surface area contributed by atoms with Crippen molar-refractivity contribution in [2.45, 2.75) is 31.3 Å². The van der Waals surface area contributed by atoms with Crippen molar-refractivity contribution < 1.29 is 4.74 Å². The third kappa shape index (κ3) is 2.89. The minimum atomic E-state index is 0.373. The van der Waals surface area contributed by atoms with E-state index in [0.717, 1.165) is 45.6 Å². The van der Waals surface area contributed by atoms with E-state index in [1.165, 1.54) is 0 Å². The predicted octanol–water partition coefficient (Wildman–Crippen LogP) is 1.01. The number of nitrogens with one attached hydrogen (secondary N) is 1. The molecule has 2 aliphatic rings. The van der Waals surface area contributed by atoms with Crippen molar-refractivity contribution in [1.29, 1.82) is 5.26 Å². The van der Waals surface area contributed by atoms with Crippen LogP contribution in [0.5, 0.6) is 0 Å². The highest BCUT2D eigenvalue weighted by Gasteiger charge is 2.27. The van der Waals surface area contributed by atoms with Gasteiger partial charge in [-0.25, -0.2) is 9.97 Å². The number of hydrogen-bond donors (Lipinski definition) is 1. The summed E-state index contributed by atoms with van der Waals surface area (Å²) < 4.78 is 5.45. The molecule has 1 unspecified atom stereocenters. The van der Waals surface area contributed by atoms with Crippen molar-refractivity contribution in [3.8, 4) is 6.07 Å². The van der Waals surface area contributed by atoms with Crippen molar-refractivity contribution in [1.82, 2.24) is 14.9 Å². The van der Waals surface area contributed by atoms with Crippen molar-refractivity contribution in [2.24, 2.45) is 0 Å². The van der Waals surface area contributed by atoms with E-state index >= 15 is 0 Å². The summed E-state index contributed by atoms with van der Waals surface area (Å²) in [7, 11) is 0. The molecule has 0 aliphatic carbocycles. The lowest BCUT2D eigenvalue weighted by atomic mass is 10.0. The molecular weight excluding hydrogens is 254 g/mol. The smallest absolute Gasteiger partial charge is 0.182 e. The summed E-state index contributed by atoms with van der Waals surface area (Å²) in [6, 6.07) is 3.05. The predicted molar refractivity (Wildman–Crippen MR) is 74.2 cm³/mol. The first-order valence-electron chi connectivity index (χ1n) is 7.16. The molecule has 3 rings (SSSR count). The molecule has 2 saturated heterocycles. The van der Waals surface area contributed by atoms with Gasteiger partial charge < -0.3 is 10.1 Å². The number of nitriles is 1. The molecule has 6 heteroatoms. The first-order valence-corrected chi connectivity index (χ1v) is 7.16. The Morgan fingerprint density at radius 2 is 2.05 bits per heavy atom. The SMILES string of the molecule is N#Cc1nccnc1NC1CCN(C2CCOC2)CC1. The molecule has 0 amide bonds. The highest BCUT2D eigenvalue weighted by molar-refractivity contribution is 5.47. The Labute approximate surface area is 118 Å². The average Bonchev–Trinajstić information content (AvgIpc) is 3.03. The number of rotatable bonds is 3. The number of anilines is 1. The lowest BCUT2D eigenvalue weighted by Gasteiger charge is -2.35. The van der Waals surface area contributed by atoms with Crippen LogP contribution >= 0.6 is 0 Å². The van der Waals surface area contributed by atoms with Gasteiger partial charge in [-0.05, 0) is 19.3 Å². The number of likely N-dealkylation sites (tertiary alicyclic amines) is 1. The molecule has 1 aromatic heterocycles. The Hall–Kier alpha value is -1.71. The van der Waals surface area contributed by atoms with Crippen molar-refractivity contribution >= 4 is 5.82 Å². The molecule has 1 N–H and O–H groups in total. The summed E-state index contributed by atoms with van der Waals surface area (Å²) in [5.41, 5.74) is 0.374. The van der Waals surface area contributed by atoms with Gasteiger partial charge in [-0.2, -0.15) is 5.26 Å². The van der Waals surface area contributed by atoms with Gasteiger partial charge in [0, 0.05) is 44.2 Å². The van der Waals surface area contributed by atoms with E-state index in [-0.39, 0.29) is 0 Å². The average molecular weight is 273 g/mol.